The zero-order valence-electron chi connectivity index (χ0n) is 15.8. The van der Waals surface area contributed by atoms with Gasteiger partial charge in [0.25, 0.3) is 0 Å². The molecule has 3 unspecified atom stereocenters. The Labute approximate surface area is 158 Å². The lowest BCUT2D eigenvalue weighted by Crippen LogP contribution is -2.54. The number of aliphatic hydroxyl groups excluding tert-OH is 1. The average molecular weight is 383 g/mol. The van der Waals surface area contributed by atoms with Crippen LogP contribution < -0.4 is 10.6 Å². The molecule has 2 rings (SSSR count). The smallest absolute Gasteiger partial charge is 0.334 e. The largest absolute Gasteiger partial charge is 0.479 e. The number of aliphatic hydroxyl groups is 1. The number of hydrogen-bond donors (Lipinski definition) is 4. The maximum absolute atomic E-state index is 12.6. The van der Waals surface area contributed by atoms with Crippen molar-refractivity contribution in [1.29, 1.82) is 0 Å². The van der Waals surface area contributed by atoms with Gasteiger partial charge >= 0.3 is 5.97 Å². The first-order valence-electron chi connectivity index (χ1n) is 9.49. The minimum atomic E-state index is -1.68. The maximum Gasteiger partial charge on any atom is 0.334 e. The molecule has 0 radical (unpaired) electrons. The predicted octanol–water partition coefficient (Wildman–Crippen LogP) is -0.520. The van der Waals surface area contributed by atoms with Crippen LogP contribution in [0.5, 0.6) is 0 Å². The molecule has 2 aliphatic rings. The van der Waals surface area contributed by atoms with Crippen molar-refractivity contribution < 1.29 is 29.4 Å². The van der Waals surface area contributed by atoms with E-state index in [1.807, 2.05) is 0 Å². The van der Waals surface area contributed by atoms with Crippen LogP contribution in [0.4, 0.5) is 0 Å². The van der Waals surface area contributed by atoms with Gasteiger partial charge in [-0.2, -0.15) is 0 Å². The zero-order chi connectivity index (χ0) is 20.1. The summed E-state index contributed by atoms with van der Waals surface area (Å²) in [4.78, 5) is 49.2. The van der Waals surface area contributed by atoms with Crippen LogP contribution in [-0.4, -0.2) is 70.1 Å². The van der Waals surface area contributed by atoms with Gasteiger partial charge in [0.2, 0.25) is 17.7 Å². The number of carboxylic acids is 1. The van der Waals surface area contributed by atoms with E-state index in [0.29, 0.717) is 31.7 Å². The van der Waals surface area contributed by atoms with Gasteiger partial charge in [-0.3, -0.25) is 14.4 Å². The van der Waals surface area contributed by atoms with E-state index in [1.165, 1.54) is 4.90 Å². The topological polar surface area (TPSA) is 136 Å². The Morgan fingerprint density at radius 2 is 1.81 bits per heavy atom. The molecule has 0 aromatic heterocycles. The molecular weight excluding hydrogens is 354 g/mol. The lowest BCUT2D eigenvalue weighted by Gasteiger charge is -2.28. The number of aliphatic carboxylic acids is 1. The Morgan fingerprint density at radius 3 is 2.37 bits per heavy atom. The fourth-order valence-corrected chi connectivity index (χ4v) is 3.24. The molecule has 1 aliphatic heterocycles. The van der Waals surface area contributed by atoms with Gasteiger partial charge in [0.05, 0.1) is 12.6 Å². The highest BCUT2D eigenvalue weighted by Gasteiger charge is 2.38. The number of rotatable bonds is 9. The van der Waals surface area contributed by atoms with Crippen molar-refractivity contribution in [2.75, 3.05) is 13.1 Å². The SMILES string of the molecule is CC(C)C(=O)NCC(=O)N1CCCC1C(=O)NC(CC1CC1)C(O)C(=O)O. The molecule has 3 atom stereocenters. The van der Waals surface area contributed by atoms with E-state index in [0.717, 1.165) is 12.8 Å². The second-order valence-corrected chi connectivity index (χ2v) is 7.69. The molecule has 152 valence electrons. The van der Waals surface area contributed by atoms with Gasteiger partial charge in [0.1, 0.15) is 6.04 Å². The number of carbonyl (C=O) groups is 4. The molecule has 1 aliphatic carbocycles. The molecule has 2 fully saturated rings. The van der Waals surface area contributed by atoms with Gasteiger partial charge < -0.3 is 25.7 Å². The van der Waals surface area contributed by atoms with Crippen molar-refractivity contribution in [3.63, 3.8) is 0 Å². The Morgan fingerprint density at radius 1 is 1.15 bits per heavy atom. The highest BCUT2D eigenvalue weighted by Crippen LogP contribution is 2.34. The third-order valence-electron chi connectivity index (χ3n) is 5.06. The number of carbonyl (C=O) groups excluding carboxylic acids is 3. The number of hydrogen-bond acceptors (Lipinski definition) is 5. The summed E-state index contributed by atoms with van der Waals surface area (Å²) < 4.78 is 0. The van der Waals surface area contributed by atoms with Crippen molar-refractivity contribution in [3.05, 3.63) is 0 Å². The summed E-state index contributed by atoms with van der Waals surface area (Å²) in [6.07, 6.45) is 1.77. The standard InChI is InChI=1S/C18H29N3O6/c1-10(2)16(24)19-9-14(22)21-7-3-4-13(21)17(25)20-12(8-11-5-6-11)15(23)18(26)27/h10-13,15,23H,3-9H2,1-2H3,(H,19,24)(H,20,25)(H,26,27). The fourth-order valence-electron chi connectivity index (χ4n) is 3.24. The molecule has 9 nitrogen and oxygen atoms in total. The van der Waals surface area contributed by atoms with Gasteiger partial charge in [0.15, 0.2) is 6.10 Å². The van der Waals surface area contributed by atoms with Gasteiger partial charge in [-0.05, 0) is 25.2 Å². The summed E-state index contributed by atoms with van der Waals surface area (Å²) >= 11 is 0. The minimum absolute atomic E-state index is 0.177. The van der Waals surface area contributed by atoms with E-state index in [9.17, 15) is 24.3 Å². The van der Waals surface area contributed by atoms with Crippen LogP contribution in [0.2, 0.25) is 0 Å². The molecule has 1 saturated carbocycles. The average Bonchev–Trinajstić information content (AvgIpc) is 3.29. The first-order valence-corrected chi connectivity index (χ1v) is 9.49. The van der Waals surface area contributed by atoms with Gasteiger partial charge in [-0.25, -0.2) is 4.79 Å². The minimum Gasteiger partial charge on any atom is -0.479 e. The van der Waals surface area contributed by atoms with Crippen LogP contribution in [0.3, 0.4) is 0 Å². The summed E-state index contributed by atoms with van der Waals surface area (Å²) in [5.41, 5.74) is 0. The number of nitrogens with zero attached hydrogens (tertiary/aromatic N) is 1. The van der Waals surface area contributed by atoms with Crippen LogP contribution >= 0.6 is 0 Å². The summed E-state index contributed by atoms with van der Waals surface area (Å²) in [5.74, 6) is -2.34. The Balaban J connectivity index is 1.95. The highest BCUT2D eigenvalue weighted by molar-refractivity contribution is 5.91. The van der Waals surface area contributed by atoms with Gasteiger partial charge in [0, 0.05) is 12.5 Å². The molecule has 9 heteroatoms. The molecular formula is C18H29N3O6. The van der Waals surface area contributed by atoms with E-state index < -0.39 is 30.1 Å². The van der Waals surface area contributed by atoms with E-state index in [-0.39, 0.29) is 24.3 Å². The third kappa shape index (κ3) is 5.92. The Kier molecular flexibility index (Phi) is 7.18. The van der Waals surface area contributed by atoms with Crippen LogP contribution in [0.1, 0.15) is 46.0 Å². The van der Waals surface area contributed by atoms with E-state index >= 15 is 0 Å². The molecule has 0 aromatic carbocycles. The second kappa shape index (κ2) is 9.16. The van der Waals surface area contributed by atoms with Crippen molar-refractivity contribution in [1.82, 2.24) is 15.5 Å². The normalized spacial score (nSPS) is 21.6. The predicted molar refractivity (Wildman–Crippen MR) is 95.5 cm³/mol. The van der Waals surface area contributed by atoms with Crippen LogP contribution in [0.15, 0.2) is 0 Å². The van der Waals surface area contributed by atoms with Crippen LogP contribution in [0, 0.1) is 11.8 Å². The molecule has 1 saturated heterocycles. The van der Waals surface area contributed by atoms with Gasteiger partial charge in [-0.1, -0.05) is 26.7 Å². The fraction of sp³-hybridized carbons (Fsp3) is 0.778. The van der Waals surface area contributed by atoms with Crippen molar-refractivity contribution in [2.45, 2.75) is 64.1 Å². The number of nitrogens with one attached hydrogen (secondary N) is 2. The van der Waals surface area contributed by atoms with E-state index in [4.69, 9.17) is 5.11 Å². The first kappa shape index (κ1) is 21.1. The molecule has 0 bridgehead atoms. The van der Waals surface area contributed by atoms with Gasteiger partial charge in [-0.15, -0.1) is 0 Å². The molecule has 0 spiro atoms. The van der Waals surface area contributed by atoms with Crippen LogP contribution in [-0.2, 0) is 19.2 Å². The second-order valence-electron chi connectivity index (χ2n) is 7.69. The summed E-state index contributed by atoms with van der Waals surface area (Å²) in [5, 5.41) is 24.1. The zero-order valence-corrected chi connectivity index (χ0v) is 15.8. The summed E-state index contributed by atoms with van der Waals surface area (Å²) in [6, 6.07) is -1.59. The molecule has 4 N–H and O–H groups in total. The monoisotopic (exact) mass is 383 g/mol. The van der Waals surface area contributed by atoms with Crippen LogP contribution in [0.25, 0.3) is 0 Å². The third-order valence-corrected chi connectivity index (χ3v) is 5.06. The van der Waals surface area contributed by atoms with E-state index in [2.05, 4.69) is 10.6 Å². The quantitative estimate of drug-likeness (QED) is 0.423. The lowest BCUT2D eigenvalue weighted by molar-refractivity contribution is -0.149. The Hall–Kier alpha value is -2.16. The first-order chi connectivity index (χ1) is 12.7. The van der Waals surface area contributed by atoms with Crippen molar-refractivity contribution in [3.8, 4) is 0 Å². The molecule has 27 heavy (non-hydrogen) atoms. The Bertz CT molecular complexity index is 590. The summed E-state index contributed by atoms with van der Waals surface area (Å²) in [7, 11) is 0. The van der Waals surface area contributed by atoms with Crippen molar-refractivity contribution in [2.24, 2.45) is 11.8 Å². The number of likely N-dealkylation sites (tertiary alicyclic amines) is 1. The summed E-state index contributed by atoms with van der Waals surface area (Å²) in [6.45, 7) is 3.67. The molecule has 3 amide bonds. The van der Waals surface area contributed by atoms with E-state index in [1.54, 1.807) is 13.8 Å². The number of amides is 3. The molecule has 0 aromatic rings. The highest BCUT2D eigenvalue weighted by atomic mass is 16.4. The number of carboxylic acid groups (broad SMARTS) is 1. The lowest BCUT2D eigenvalue weighted by atomic mass is 10.0. The van der Waals surface area contributed by atoms with Crippen molar-refractivity contribution >= 4 is 23.7 Å². The maximum atomic E-state index is 12.6. The molecule has 1 heterocycles.